The summed E-state index contributed by atoms with van der Waals surface area (Å²) in [6.45, 7) is 0. The maximum atomic E-state index is 10.3. The summed E-state index contributed by atoms with van der Waals surface area (Å²) in [6.07, 6.45) is 3.67. The Labute approximate surface area is 82.9 Å². The zero-order valence-electron chi connectivity index (χ0n) is 6.68. The van der Waals surface area contributed by atoms with Gasteiger partial charge in [-0.3, -0.25) is 0 Å². The molecule has 0 aromatic heterocycles. The Hall–Kier alpha value is -0.150. The molecule has 1 aliphatic carbocycles. The number of alkyl halides is 1. The number of nitrogens with one attached hydrogen (secondary N) is 1. The molecule has 0 radical (unpaired) electrons. The first-order valence-electron chi connectivity index (χ1n) is 3.82. The highest BCUT2D eigenvalue weighted by Crippen LogP contribution is 2.31. The molecule has 0 bridgehead atoms. The lowest BCUT2D eigenvalue weighted by atomic mass is 9.95. The Kier molecular flexibility index (Phi) is 4.71. The van der Waals surface area contributed by atoms with Crippen molar-refractivity contribution in [2.24, 2.45) is 0 Å². The topological polar surface area (TPSA) is 49.3 Å². The molecule has 0 unspecified atom stereocenters. The third-order valence-corrected chi connectivity index (χ3v) is 2.45. The average molecular weight is 214 g/mol. The second-order valence-electron chi connectivity index (χ2n) is 2.96. The Balaban J connectivity index is 0.00000121. The van der Waals surface area contributed by atoms with Crippen LogP contribution < -0.4 is 5.32 Å². The second kappa shape index (κ2) is 4.77. The molecule has 1 rings (SSSR count). The summed E-state index contributed by atoms with van der Waals surface area (Å²) < 4.78 is 0. The molecule has 5 heteroatoms. The summed E-state index contributed by atoms with van der Waals surface area (Å²) in [5.41, 5.74) is 0. The standard InChI is InChI=1S/C7H12ClNO2.ClH/c8-7(9-6(10)11)4-2-1-3-5-7;/h9H,1-5H2,(H,10,11);1H. The third kappa shape index (κ3) is 3.50. The molecule has 0 atom stereocenters. The van der Waals surface area contributed by atoms with Crippen molar-refractivity contribution in [2.45, 2.75) is 37.1 Å². The van der Waals surface area contributed by atoms with Gasteiger partial charge in [-0.05, 0) is 25.7 Å². The molecule has 0 aliphatic heterocycles. The van der Waals surface area contributed by atoms with E-state index >= 15 is 0 Å². The quantitative estimate of drug-likeness (QED) is 0.520. The van der Waals surface area contributed by atoms with Gasteiger partial charge in [-0.1, -0.05) is 18.0 Å². The van der Waals surface area contributed by atoms with Gasteiger partial charge < -0.3 is 10.4 Å². The molecular weight excluding hydrogens is 201 g/mol. The Morgan fingerprint density at radius 2 is 1.83 bits per heavy atom. The summed E-state index contributed by atoms with van der Waals surface area (Å²) in [6, 6.07) is 0. The van der Waals surface area contributed by atoms with Crippen LogP contribution in [0.3, 0.4) is 0 Å². The molecule has 0 aromatic rings. The molecule has 0 heterocycles. The predicted octanol–water partition coefficient (Wildman–Crippen LogP) is 2.58. The van der Waals surface area contributed by atoms with Gasteiger partial charge in [0.25, 0.3) is 0 Å². The number of amides is 1. The molecule has 3 nitrogen and oxygen atoms in total. The van der Waals surface area contributed by atoms with Crippen molar-refractivity contribution < 1.29 is 9.90 Å². The van der Waals surface area contributed by atoms with E-state index in [4.69, 9.17) is 16.7 Å². The van der Waals surface area contributed by atoms with Crippen molar-refractivity contribution in [3.63, 3.8) is 0 Å². The van der Waals surface area contributed by atoms with Crippen LogP contribution in [-0.2, 0) is 0 Å². The molecule has 2 N–H and O–H groups in total. The van der Waals surface area contributed by atoms with Crippen molar-refractivity contribution in [3.05, 3.63) is 0 Å². The summed E-state index contributed by atoms with van der Waals surface area (Å²) in [5.74, 6) is 0. The molecule has 1 fully saturated rings. The van der Waals surface area contributed by atoms with Crippen LogP contribution in [0.4, 0.5) is 4.79 Å². The van der Waals surface area contributed by atoms with E-state index in [1.807, 2.05) is 0 Å². The van der Waals surface area contributed by atoms with Crippen LogP contribution in [0.2, 0.25) is 0 Å². The zero-order chi connectivity index (χ0) is 8.32. The van der Waals surface area contributed by atoms with E-state index in [0.29, 0.717) is 0 Å². The van der Waals surface area contributed by atoms with Gasteiger partial charge in [0.15, 0.2) is 0 Å². The van der Waals surface area contributed by atoms with Crippen molar-refractivity contribution in [2.75, 3.05) is 0 Å². The van der Waals surface area contributed by atoms with E-state index in [9.17, 15) is 4.79 Å². The lowest BCUT2D eigenvalue weighted by Crippen LogP contribution is -2.44. The molecule has 1 saturated carbocycles. The first kappa shape index (κ1) is 11.8. The minimum Gasteiger partial charge on any atom is -0.465 e. The van der Waals surface area contributed by atoms with Crippen LogP contribution in [0, 0.1) is 0 Å². The van der Waals surface area contributed by atoms with Gasteiger partial charge in [0, 0.05) is 0 Å². The SMILES string of the molecule is Cl.O=C(O)NC1(Cl)CCCCC1. The van der Waals surface area contributed by atoms with Gasteiger partial charge in [0.2, 0.25) is 0 Å². The summed E-state index contributed by atoms with van der Waals surface area (Å²) in [7, 11) is 0. The van der Waals surface area contributed by atoms with Gasteiger partial charge in [0.1, 0.15) is 5.00 Å². The Morgan fingerprint density at radius 3 is 2.25 bits per heavy atom. The van der Waals surface area contributed by atoms with Gasteiger partial charge in [0.05, 0.1) is 0 Å². The zero-order valence-corrected chi connectivity index (χ0v) is 8.25. The first-order valence-corrected chi connectivity index (χ1v) is 4.20. The predicted molar refractivity (Wildman–Crippen MR) is 50.1 cm³/mol. The van der Waals surface area contributed by atoms with E-state index in [0.717, 1.165) is 32.1 Å². The number of hydrogen-bond donors (Lipinski definition) is 2. The first-order chi connectivity index (χ1) is 5.12. The summed E-state index contributed by atoms with van der Waals surface area (Å²) >= 11 is 5.98. The summed E-state index contributed by atoms with van der Waals surface area (Å²) in [5, 5.41) is 10.8. The molecule has 0 spiro atoms. The maximum Gasteiger partial charge on any atom is 0.406 e. The molecule has 0 saturated heterocycles. The van der Waals surface area contributed by atoms with E-state index in [1.165, 1.54) is 0 Å². The van der Waals surface area contributed by atoms with E-state index in [-0.39, 0.29) is 12.4 Å². The average Bonchev–Trinajstić information content (AvgIpc) is 1.85. The fourth-order valence-electron chi connectivity index (χ4n) is 1.43. The lowest BCUT2D eigenvalue weighted by molar-refractivity contribution is 0.181. The number of hydrogen-bond acceptors (Lipinski definition) is 1. The van der Waals surface area contributed by atoms with Crippen molar-refractivity contribution >= 4 is 30.1 Å². The number of carboxylic acid groups (broad SMARTS) is 1. The smallest absolute Gasteiger partial charge is 0.406 e. The van der Waals surface area contributed by atoms with Gasteiger partial charge in [-0.2, -0.15) is 0 Å². The minimum atomic E-state index is -1.03. The third-order valence-electron chi connectivity index (χ3n) is 1.98. The van der Waals surface area contributed by atoms with Crippen LogP contribution in [0.15, 0.2) is 0 Å². The normalized spacial score (nSPS) is 20.8. The highest BCUT2D eigenvalue weighted by Gasteiger charge is 2.30. The fraction of sp³-hybridized carbons (Fsp3) is 0.857. The molecule has 12 heavy (non-hydrogen) atoms. The molecule has 1 aliphatic rings. The molecule has 1 amide bonds. The minimum absolute atomic E-state index is 0. The second-order valence-corrected chi connectivity index (χ2v) is 3.68. The van der Waals surface area contributed by atoms with Crippen LogP contribution in [0.1, 0.15) is 32.1 Å². The highest BCUT2D eigenvalue weighted by atomic mass is 35.5. The largest absolute Gasteiger partial charge is 0.465 e. The monoisotopic (exact) mass is 213 g/mol. The maximum absolute atomic E-state index is 10.3. The summed E-state index contributed by atoms with van der Waals surface area (Å²) in [4.78, 5) is 9.60. The molecular formula is C7H13Cl2NO2. The molecule has 72 valence electrons. The van der Waals surface area contributed by atoms with Crippen molar-refractivity contribution in [1.82, 2.24) is 5.32 Å². The van der Waals surface area contributed by atoms with Gasteiger partial charge >= 0.3 is 6.09 Å². The van der Waals surface area contributed by atoms with Crippen LogP contribution in [-0.4, -0.2) is 16.2 Å². The number of carbonyl (C=O) groups is 1. The van der Waals surface area contributed by atoms with Crippen molar-refractivity contribution in [1.29, 1.82) is 0 Å². The van der Waals surface area contributed by atoms with Gasteiger partial charge in [-0.25, -0.2) is 4.79 Å². The fourth-order valence-corrected chi connectivity index (χ4v) is 1.78. The highest BCUT2D eigenvalue weighted by molar-refractivity contribution is 6.24. The Bertz CT molecular complexity index is 157. The lowest BCUT2D eigenvalue weighted by Gasteiger charge is -2.30. The number of rotatable bonds is 1. The molecule has 0 aromatic carbocycles. The van der Waals surface area contributed by atoms with E-state index in [1.54, 1.807) is 0 Å². The Morgan fingerprint density at radius 1 is 1.33 bits per heavy atom. The van der Waals surface area contributed by atoms with Crippen LogP contribution >= 0.6 is 24.0 Å². The van der Waals surface area contributed by atoms with Crippen molar-refractivity contribution in [3.8, 4) is 0 Å². The number of halogens is 2. The van der Waals surface area contributed by atoms with E-state index < -0.39 is 11.1 Å². The van der Waals surface area contributed by atoms with E-state index in [2.05, 4.69) is 5.32 Å². The van der Waals surface area contributed by atoms with Gasteiger partial charge in [-0.15, -0.1) is 12.4 Å². The van der Waals surface area contributed by atoms with Crippen LogP contribution in [0.25, 0.3) is 0 Å². The van der Waals surface area contributed by atoms with Crippen LogP contribution in [0.5, 0.6) is 0 Å².